The summed E-state index contributed by atoms with van der Waals surface area (Å²) in [5, 5.41) is 0. The number of rotatable bonds is 2. The molecule has 1 atom stereocenters. The molecule has 0 nitrogen and oxygen atoms in total. The van der Waals surface area contributed by atoms with Crippen LogP contribution in [0.5, 0.6) is 0 Å². The molecule has 0 aromatic heterocycles. The van der Waals surface area contributed by atoms with Crippen molar-refractivity contribution in [2.45, 2.75) is 33.1 Å². The molecule has 0 heteroatoms. The lowest BCUT2D eigenvalue weighted by atomic mass is 9.89. The molecule has 0 aromatic carbocycles. The van der Waals surface area contributed by atoms with Crippen molar-refractivity contribution < 1.29 is 2.85 Å². The Morgan fingerprint density at radius 3 is 2.83 bits per heavy atom. The molecule has 1 aliphatic rings. The van der Waals surface area contributed by atoms with Crippen LogP contribution in [0, 0.1) is 18.3 Å². The monoisotopic (exact) mass is 163 g/mol. The lowest BCUT2D eigenvalue weighted by molar-refractivity contribution is 0.619. The Kier molecular flexibility index (Phi) is 3.17. The normalized spacial score (nSPS) is 19.1. The maximum absolute atomic E-state index is 5.31. The Balaban J connectivity index is 0. The molecule has 1 aliphatic carbocycles. The molecule has 1 unspecified atom stereocenters. The minimum atomic E-state index is 0. The minimum absolute atomic E-state index is 0. The molecule has 1 rings (SSSR count). The fraction of sp³-hybridized carbons (Fsp3) is 0.500. The van der Waals surface area contributed by atoms with Crippen molar-refractivity contribution in [1.82, 2.24) is 0 Å². The molecule has 0 amide bonds. The SMILES string of the molecule is C#CC1=CC=C(C(C)CC)CC1.[HH].[H]. The van der Waals surface area contributed by atoms with Crippen molar-refractivity contribution in [3.8, 4) is 12.3 Å². The lowest BCUT2D eigenvalue weighted by Crippen LogP contribution is -2.01. The van der Waals surface area contributed by atoms with Gasteiger partial charge in [-0.2, -0.15) is 0 Å². The van der Waals surface area contributed by atoms with Gasteiger partial charge in [0, 0.05) is 8.43 Å². The van der Waals surface area contributed by atoms with E-state index < -0.39 is 0 Å². The molecule has 0 aromatic rings. The Hall–Kier alpha value is -0.960. The molecule has 0 fully saturated rings. The first-order chi connectivity index (χ1) is 5.77. The maximum Gasteiger partial charge on any atom is 0.00207 e. The first-order valence-electron chi connectivity index (χ1n) is 4.64. The molecular formula is C12H19. The summed E-state index contributed by atoms with van der Waals surface area (Å²) in [6.45, 7) is 4.51. The Bertz CT molecular complexity index is 256. The number of hydrogen-bond acceptors (Lipinski definition) is 0. The summed E-state index contributed by atoms with van der Waals surface area (Å²) in [5.41, 5.74) is 2.69. The topological polar surface area (TPSA) is 0 Å². The molecule has 0 bridgehead atoms. The molecule has 0 saturated carbocycles. The van der Waals surface area contributed by atoms with Gasteiger partial charge in [0.25, 0.3) is 0 Å². The molecule has 0 N–H and O–H groups in total. The summed E-state index contributed by atoms with van der Waals surface area (Å²) >= 11 is 0. The third-order valence-electron chi connectivity index (χ3n) is 2.61. The minimum Gasteiger partial charge on any atom is -0.115 e. The van der Waals surface area contributed by atoms with Crippen LogP contribution in [-0.4, -0.2) is 0 Å². The van der Waals surface area contributed by atoms with E-state index in [9.17, 15) is 0 Å². The van der Waals surface area contributed by atoms with E-state index in [1.807, 2.05) is 0 Å². The number of hydrogen-bond donors (Lipinski definition) is 0. The van der Waals surface area contributed by atoms with Crippen LogP contribution in [0.4, 0.5) is 0 Å². The van der Waals surface area contributed by atoms with Crippen LogP contribution in [-0.2, 0) is 0 Å². The van der Waals surface area contributed by atoms with Crippen molar-refractivity contribution in [1.29, 1.82) is 0 Å². The molecule has 0 saturated heterocycles. The Labute approximate surface area is 78.3 Å². The van der Waals surface area contributed by atoms with E-state index in [0.717, 1.165) is 24.3 Å². The van der Waals surface area contributed by atoms with Gasteiger partial charge in [-0.25, -0.2) is 0 Å². The summed E-state index contributed by atoms with van der Waals surface area (Å²) in [4.78, 5) is 0. The summed E-state index contributed by atoms with van der Waals surface area (Å²) in [7, 11) is 0. The number of allylic oxidation sites excluding steroid dienone is 4. The molecule has 0 aliphatic heterocycles. The fourth-order valence-corrected chi connectivity index (χ4v) is 1.45. The molecular weight excluding hydrogens is 144 g/mol. The van der Waals surface area contributed by atoms with E-state index >= 15 is 0 Å². The second kappa shape index (κ2) is 4.16. The van der Waals surface area contributed by atoms with Crippen molar-refractivity contribution in [2.75, 3.05) is 0 Å². The highest BCUT2D eigenvalue weighted by Gasteiger charge is 2.09. The molecule has 67 valence electrons. The van der Waals surface area contributed by atoms with Crippen LogP contribution in [0.1, 0.15) is 36.0 Å². The van der Waals surface area contributed by atoms with Gasteiger partial charge >= 0.3 is 0 Å². The van der Waals surface area contributed by atoms with Crippen LogP contribution in [0.25, 0.3) is 0 Å². The van der Waals surface area contributed by atoms with Gasteiger partial charge in [0.15, 0.2) is 0 Å². The van der Waals surface area contributed by atoms with E-state index in [0.29, 0.717) is 0 Å². The zero-order chi connectivity index (χ0) is 8.97. The maximum atomic E-state index is 5.31. The van der Waals surface area contributed by atoms with Crippen LogP contribution >= 0.6 is 0 Å². The molecule has 0 spiro atoms. The molecule has 12 heavy (non-hydrogen) atoms. The van der Waals surface area contributed by atoms with Gasteiger partial charge in [0.05, 0.1) is 0 Å². The van der Waals surface area contributed by atoms with Gasteiger partial charge in [0.2, 0.25) is 0 Å². The van der Waals surface area contributed by atoms with Crippen molar-refractivity contribution >= 4 is 0 Å². The van der Waals surface area contributed by atoms with Crippen molar-refractivity contribution in [3.05, 3.63) is 23.3 Å². The first-order valence-corrected chi connectivity index (χ1v) is 4.64. The highest BCUT2D eigenvalue weighted by atomic mass is 14.1. The summed E-state index contributed by atoms with van der Waals surface area (Å²) in [6, 6.07) is 0. The summed E-state index contributed by atoms with van der Waals surface area (Å²) in [5.74, 6) is 3.42. The summed E-state index contributed by atoms with van der Waals surface area (Å²) in [6.07, 6.45) is 13.0. The Morgan fingerprint density at radius 2 is 2.42 bits per heavy atom. The quantitative estimate of drug-likeness (QED) is 0.545. The highest BCUT2D eigenvalue weighted by molar-refractivity contribution is 5.35. The fourth-order valence-electron chi connectivity index (χ4n) is 1.45. The Morgan fingerprint density at radius 1 is 1.67 bits per heavy atom. The third-order valence-corrected chi connectivity index (χ3v) is 2.61. The lowest BCUT2D eigenvalue weighted by Gasteiger charge is -2.16. The zero-order valence-electron chi connectivity index (χ0n) is 8.93. The molecule has 1 radical (unpaired) electrons. The van der Waals surface area contributed by atoms with E-state index in [1.165, 1.54) is 6.42 Å². The van der Waals surface area contributed by atoms with Crippen LogP contribution < -0.4 is 0 Å². The van der Waals surface area contributed by atoms with Crippen molar-refractivity contribution in [2.24, 2.45) is 5.92 Å². The van der Waals surface area contributed by atoms with Crippen LogP contribution in [0.2, 0.25) is 0 Å². The molecule has 0 heterocycles. The van der Waals surface area contributed by atoms with Gasteiger partial charge < -0.3 is 0 Å². The van der Waals surface area contributed by atoms with E-state index in [2.05, 4.69) is 31.9 Å². The smallest absolute Gasteiger partial charge is 0.00207 e. The third kappa shape index (κ3) is 2.01. The van der Waals surface area contributed by atoms with E-state index in [4.69, 9.17) is 6.42 Å². The van der Waals surface area contributed by atoms with Gasteiger partial charge in [-0.05, 0) is 25.2 Å². The van der Waals surface area contributed by atoms with Gasteiger partial charge in [-0.15, -0.1) is 6.42 Å². The summed E-state index contributed by atoms with van der Waals surface area (Å²) < 4.78 is 0. The predicted octanol–water partition coefficient (Wildman–Crippen LogP) is 3.67. The van der Waals surface area contributed by atoms with Crippen LogP contribution in [0.3, 0.4) is 0 Å². The first kappa shape index (κ1) is 9.13. The van der Waals surface area contributed by atoms with Gasteiger partial charge in [-0.3, -0.25) is 0 Å². The number of terminal acetylenes is 1. The second-order valence-electron chi connectivity index (χ2n) is 3.39. The second-order valence-corrected chi connectivity index (χ2v) is 3.39. The largest absolute Gasteiger partial charge is 0.115 e. The average Bonchev–Trinajstić information content (AvgIpc) is 2.17. The van der Waals surface area contributed by atoms with Gasteiger partial charge in [0.1, 0.15) is 0 Å². The van der Waals surface area contributed by atoms with Gasteiger partial charge in [-0.1, -0.05) is 37.5 Å². The van der Waals surface area contributed by atoms with Crippen LogP contribution in [0.15, 0.2) is 23.3 Å². The average molecular weight is 163 g/mol. The van der Waals surface area contributed by atoms with E-state index in [1.54, 1.807) is 5.57 Å². The zero-order valence-corrected chi connectivity index (χ0v) is 7.93. The highest BCUT2D eigenvalue weighted by Crippen LogP contribution is 2.25. The standard InChI is InChI=1S/C12H16.H2.H/c1-4-10(3)12-8-6-11(5-2)7-9-12;;/h2,6,8,10H,4,7,9H2,1,3H3;1H;. The predicted molar refractivity (Wildman–Crippen MR) is 56.9 cm³/mol. The van der Waals surface area contributed by atoms with Crippen molar-refractivity contribution in [3.63, 3.8) is 0 Å². The van der Waals surface area contributed by atoms with E-state index in [-0.39, 0.29) is 2.85 Å².